The average molecular weight is 912 g/mol. The second-order valence-electron chi connectivity index (χ2n) is 19.0. The number of thiophene rings is 1. The van der Waals surface area contributed by atoms with Crippen molar-refractivity contribution in [3.05, 3.63) is 81.0 Å². The van der Waals surface area contributed by atoms with Gasteiger partial charge in [0.2, 0.25) is 10.0 Å². The van der Waals surface area contributed by atoms with Crippen LogP contribution in [0.2, 0.25) is 0 Å². The largest absolute Gasteiger partial charge is 0.497 e. The average Bonchev–Trinajstić information content (AvgIpc) is 3.88. The molecule has 63 heavy (non-hydrogen) atoms. The first-order valence-corrected chi connectivity index (χ1v) is 24.1. The molecule has 1 amide bonds. The Labute approximate surface area is 376 Å². The molecule has 0 bridgehead atoms. The number of benzene rings is 2. The molecule has 2 N–H and O–H groups in total. The molecule has 2 aliphatic heterocycles. The molecule has 0 saturated carbocycles. The minimum absolute atomic E-state index is 0.0533. The van der Waals surface area contributed by atoms with E-state index >= 15 is 0 Å². The van der Waals surface area contributed by atoms with Gasteiger partial charge in [0.05, 0.1) is 55.8 Å². The summed E-state index contributed by atoms with van der Waals surface area (Å²) in [7, 11) is -2.58. The maximum absolute atomic E-state index is 14.2. The van der Waals surface area contributed by atoms with E-state index in [0.717, 1.165) is 35.3 Å². The van der Waals surface area contributed by atoms with E-state index in [4.69, 9.17) is 28.4 Å². The third-order valence-electron chi connectivity index (χ3n) is 11.7. The van der Waals surface area contributed by atoms with Crippen LogP contribution in [0.1, 0.15) is 99.5 Å². The van der Waals surface area contributed by atoms with Crippen LogP contribution in [0.5, 0.6) is 5.75 Å². The highest BCUT2D eigenvalue weighted by Gasteiger charge is 2.56. The van der Waals surface area contributed by atoms with Crippen molar-refractivity contribution in [2.45, 2.75) is 129 Å². The number of hydrogen-bond donors (Lipinski definition) is 2. The van der Waals surface area contributed by atoms with E-state index in [-0.39, 0.29) is 54.2 Å². The van der Waals surface area contributed by atoms with Crippen molar-refractivity contribution in [1.29, 1.82) is 0 Å². The normalized spacial score (nSPS) is 21.6. The summed E-state index contributed by atoms with van der Waals surface area (Å²) in [5.74, 6) is -1.88. The summed E-state index contributed by atoms with van der Waals surface area (Å²) >= 11 is 1.66. The number of methoxy groups -OCH3 is 1. The number of ether oxygens (including phenoxy) is 6. The number of amides is 1. The van der Waals surface area contributed by atoms with Crippen LogP contribution in [0.4, 0.5) is 4.79 Å². The molecule has 1 aliphatic carbocycles. The van der Waals surface area contributed by atoms with E-state index in [1.165, 1.54) is 35.3 Å². The minimum Gasteiger partial charge on any atom is -0.497 e. The molecule has 2 aromatic carbocycles. The lowest BCUT2D eigenvalue weighted by atomic mass is 9.76. The monoisotopic (exact) mass is 911 g/mol. The number of carbonyl (C=O) groups excluding carboxylic acids is 3. The number of alkyl carbamates (subject to hydrolysis) is 1. The number of esters is 2. The molecule has 3 aliphatic rings. The number of carbonyl (C=O) groups is 3. The van der Waals surface area contributed by atoms with Crippen molar-refractivity contribution in [3.63, 3.8) is 0 Å². The van der Waals surface area contributed by atoms with Gasteiger partial charge in [-0.25, -0.2) is 18.0 Å². The van der Waals surface area contributed by atoms with E-state index in [0.29, 0.717) is 37.4 Å². The first-order chi connectivity index (χ1) is 29.7. The quantitative estimate of drug-likeness (QED) is 0.0987. The number of nitrogens with one attached hydrogen (secondary N) is 2. The van der Waals surface area contributed by atoms with Gasteiger partial charge in [0.1, 0.15) is 23.6 Å². The molecule has 16 heteroatoms. The number of rotatable bonds is 18. The second-order valence-corrected chi connectivity index (χ2v) is 22.2. The van der Waals surface area contributed by atoms with Crippen LogP contribution < -0.4 is 15.4 Å². The first-order valence-electron chi connectivity index (χ1n) is 21.9. The smallest absolute Gasteiger partial charge is 0.407 e. The van der Waals surface area contributed by atoms with Gasteiger partial charge in [-0.3, -0.25) is 4.79 Å². The molecule has 3 aromatic rings. The van der Waals surface area contributed by atoms with E-state index < -0.39 is 51.7 Å². The number of sulfonamides is 1. The second kappa shape index (κ2) is 20.0. The fourth-order valence-corrected chi connectivity index (χ4v) is 11.6. The van der Waals surface area contributed by atoms with Crippen molar-refractivity contribution in [1.82, 2.24) is 14.9 Å². The van der Waals surface area contributed by atoms with Crippen LogP contribution in [0, 0.1) is 17.3 Å². The predicted octanol–water partition coefficient (Wildman–Crippen LogP) is 7.06. The fourth-order valence-electron chi connectivity index (χ4n) is 8.71. The third-order valence-corrected chi connectivity index (χ3v) is 14.8. The topological polar surface area (TPSA) is 168 Å². The summed E-state index contributed by atoms with van der Waals surface area (Å²) in [5, 5.41) is 6.46. The molecule has 0 unspecified atom stereocenters. The first kappa shape index (κ1) is 48.4. The number of hydrogen-bond acceptors (Lipinski definition) is 13. The molecule has 2 saturated heterocycles. The summed E-state index contributed by atoms with van der Waals surface area (Å²) in [6, 6.07) is 14.6. The van der Waals surface area contributed by atoms with Crippen LogP contribution in [-0.2, 0) is 64.3 Å². The highest BCUT2D eigenvalue weighted by molar-refractivity contribution is 7.89. The Bertz CT molecular complexity index is 2170. The van der Waals surface area contributed by atoms with Gasteiger partial charge in [-0.1, -0.05) is 58.0 Å². The van der Waals surface area contributed by atoms with Crippen molar-refractivity contribution >= 4 is 39.4 Å². The number of aryl methyl sites for hydroxylation is 1. The van der Waals surface area contributed by atoms with Gasteiger partial charge in [-0.15, -0.1) is 11.3 Å². The van der Waals surface area contributed by atoms with E-state index in [9.17, 15) is 22.8 Å². The Balaban J connectivity index is 1.18. The van der Waals surface area contributed by atoms with Gasteiger partial charge in [0.15, 0.2) is 5.79 Å². The van der Waals surface area contributed by atoms with E-state index in [1.807, 2.05) is 65.0 Å². The number of nitrogens with zero attached hydrogens (tertiary/aromatic N) is 1. The van der Waals surface area contributed by atoms with E-state index in [1.54, 1.807) is 23.5 Å². The summed E-state index contributed by atoms with van der Waals surface area (Å²) in [4.78, 5) is 42.5. The standard InChI is InChI=1S/C47H65N3O11S2/c1-30(2)26-50(63(54,55)34-17-15-33(56-9)16-18-34)27-38(59-31(3)51)37(23-32-13-11-10-12-14-32)49-44(53)60-39-28-58-47(36(39)20-22-57-47)29-48-25-41-42(43(52)61-45(4,5)6)35-24-46(7,8)21-19-40(35)62-41/h10-18,30,36-39,48H,19-29H2,1-9H3,(H,49,53)/t36-,37-,38+,39-,47+/m0/s1. The van der Waals surface area contributed by atoms with Gasteiger partial charge < -0.3 is 39.1 Å². The molecule has 5 atom stereocenters. The summed E-state index contributed by atoms with van der Waals surface area (Å²) in [5.41, 5.74) is 2.00. The zero-order valence-corrected chi connectivity index (χ0v) is 39.7. The van der Waals surface area contributed by atoms with Gasteiger partial charge in [-0.05, 0) is 99.6 Å². The third kappa shape index (κ3) is 12.2. The Morgan fingerprint density at radius 2 is 1.73 bits per heavy atom. The highest BCUT2D eigenvalue weighted by Crippen LogP contribution is 2.44. The SMILES string of the molecule is COc1ccc(S(=O)(=O)N(CC(C)C)C[C@@H](OC(C)=O)[C@H](Cc2ccccc2)NC(=O)O[C@H]2CO[C@@]3(CNCc4sc5c(c4C(=O)OC(C)(C)C)CC(C)(C)CC5)OCC[C@@H]23)cc1. The molecule has 6 rings (SSSR count). The molecule has 0 radical (unpaired) electrons. The lowest BCUT2D eigenvalue weighted by Gasteiger charge is -2.33. The van der Waals surface area contributed by atoms with Crippen LogP contribution in [-0.4, -0.2) is 100 Å². The summed E-state index contributed by atoms with van der Waals surface area (Å²) in [6.45, 7) is 16.2. The Hall–Kier alpha value is -4.06. The number of fused-ring (bicyclic) bond motifs is 2. The molecule has 3 heterocycles. The molecule has 1 aromatic heterocycles. The van der Waals surface area contributed by atoms with Crippen LogP contribution in [0.25, 0.3) is 0 Å². The maximum Gasteiger partial charge on any atom is 0.407 e. The van der Waals surface area contributed by atoms with Crippen LogP contribution in [0.3, 0.4) is 0 Å². The summed E-state index contributed by atoms with van der Waals surface area (Å²) in [6.07, 6.45) is 1.03. The van der Waals surface area contributed by atoms with Gasteiger partial charge in [0.25, 0.3) is 0 Å². The Morgan fingerprint density at radius 3 is 2.38 bits per heavy atom. The van der Waals surface area contributed by atoms with Crippen LogP contribution >= 0.6 is 11.3 Å². The molecular weight excluding hydrogens is 847 g/mol. The van der Waals surface area contributed by atoms with Crippen molar-refractivity contribution < 1.29 is 51.2 Å². The summed E-state index contributed by atoms with van der Waals surface area (Å²) < 4.78 is 65.3. The van der Waals surface area contributed by atoms with E-state index in [2.05, 4.69) is 24.5 Å². The Kier molecular flexibility index (Phi) is 15.4. The molecule has 0 spiro atoms. The molecule has 346 valence electrons. The van der Waals surface area contributed by atoms with Crippen molar-refractivity contribution in [2.75, 3.05) is 40.0 Å². The molecule has 2 fully saturated rings. The van der Waals surface area contributed by atoms with Crippen molar-refractivity contribution in [2.24, 2.45) is 17.3 Å². The van der Waals surface area contributed by atoms with Crippen LogP contribution in [0.15, 0.2) is 59.5 Å². The van der Waals surface area contributed by atoms with Gasteiger partial charge in [-0.2, -0.15) is 4.31 Å². The highest BCUT2D eigenvalue weighted by atomic mass is 32.2. The van der Waals surface area contributed by atoms with Gasteiger partial charge in [0, 0.05) is 29.8 Å². The minimum atomic E-state index is -4.08. The lowest BCUT2D eigenvalue weighted by molar-refractivity contribution is -0.192. The zero-order valence-electron chi connectivity index (χ0n) is 38.1. The van der Waals surface area contributed by atoms with Gasteiger partial charge >= 0.3 is 18.0 Å². The lowest BCUT2D eigenvalue weighted by Crippen LogP contribution is -2.53. The van der Waals surface area contributed by atoms with Crippen molar-refractivity contribution in [3.8, 4) is 5.75 Å². The molecular formula is C47H65N3O11S2. The zero-order chi connectivity index (χ0) is 45.7. The Morgan fingerprint density at radius 1 is 1.02 bits per heavy atom. The maximum atomic E-state index is 14.2. The predicted molar refractivity (Wildman–Crippen MR) is 239 cm³/mol. The molecule has 14 nitrogen and oxygen atoms in total. The fraction of sp³-hybridized carbons (Fsp3) is 0.596.